The number of halogens is 1. The predicted molar refractivity (Wildman–Crippen MR) is 133 cm³/mol. The molecule has 2 aromatic rings. The van der Waals surface area contributed by atoms with Crippen molar-refractivity contribution in [3.63, 3.8) is 0 Å². The van der Waals surface area contributed by atoms with Crippen molar-refractivity contribution < 1.29 is 0 Å². The van der Waals surface area contributed by atoms with Gasteiger partial charge in [-0.3, -0.25) is 4.99 Å². The van der Waals surface area contributed by atoms with E-state index in [9.17, 15) is 0 Å². The maximum absolute atomic E-state index is 4.88. The van der Waals surface area contributed by atoms with Gasteiger partial charge in [0.25, 0.3) is 0 Å². The highest BCUT2D eigenvalue weighted by molar-refractivity contribution is 14.0. The van der Waals surface area contributed by atoms with E-state index in [0.717, 1.165) is 70.4 Å². The number of nitrogens with zero attached hydrogens (tertiary/aromatic N) is 5. The van der Waals surface area contributed by atoms with Gasteiger partial charge >= 0.3 is 0 Å². The molecule has 0 radical (unpaired) electrons. The van der Waals surface area contributed by atoms with Gasteiger partial charge in [0.1, 0.15) is 5.82 Å². The standard InChI is InChI=1S/C22H34N6.HI/c1-4-23-22(25-10-5-6-12-26-13-11-24-20(26)3)28-16-14-27(15-17-28)21-9-7-8-19(2)18-21;/h7-9,11,13,18H,4-6,10,12,14-17H2,1-3H3,(H,23,25);1H. The van der Waals surface area contributed by atoms with E-state index in [0.29, 0.717) is 0 Å². The largest absolute Gasteiger partial charge is 0.368 e. The molecule has 0 saturated carbocycles. The number of aliphatic imine (C=N–C) groups is 1. The first kappa shape index (κ1) is 23.5. The number of rotatable bonds is 7. The summed E-state index contributed by atoms with van der Waals surface area (Å²) in [4.78, 5) is 14.0. The van der Waals surface area contributed by atoms with Crippen molar-refractivity contribution in [3.05, 3.63) is 48.0 Å². The molecule has 0 bridgehead atoms. The zero-order chi connectivity index (χ0) is 19.8. The Kier molecular flexibility index (Phi) is 9.76. The smallest absolute Gasteiger partial charge is 0.194 e. The molecule has 6 nitrogen and oxygen atoms in total. The quantitative estimate of drug-likeness (QED) is 0.267. The van der Waals surface area contributed by atoms with Crippen LogP contribution in [-0.4, -0.2) is 59.7 Å². The van der Waals surface area contributed by atoms with Gasteiger partial charge in [0, 0.05) is 63.9 Å². The number of hydrogen-bond donors (Lipinski definition) is 1. The van der Waals surface area contributed by atoms with Gasteiger partial charge in [-0.1, -0.05) is 12.1 Å². The third kappa shape index (κ3) is 6.90. The predicted octanol–water partition coefficient (Wildman–Crippen LogP) is 3.69. The van der Waals surface area contributed by atoms with E-state index in [2.05, 4.69) is 75.9 Å². The minimum absolute atomic E-state index is 0. The van der Waals surface area contributed by atoms with Crippen LogP contribution < -0.4 is 10.2 Å². The number of hydrogen-bond acceptors (Lipinski definition) is 3. The van der Waals surface area contributed by atoms with Crippen LogP contribution in [0.4, 0.5) is 5.69 Å². The Morgan fingerprint density at radius 3 is 2.59 bits per heavy atom. The molecule has 29 heavy (non-hydrogen) atoms. The number of anilines is 1. The minimum atomic E-state index is 0. The number of aromatic nitrogens is 2. The van der Waals surface area contributed by atoms with Crippen LogP contribution in [-0.2, 0) is 6.54 Å². The summed E-state index contributed by atoms with van der Waals surface area (Å²) in [7, 11) is 0. The summed E-state index contributed by atoms with van der Waals surface area (Å²) < 4.78 is 2.21. The first-order valence-corrected chi connectivity index (χ1v) is 10.5. The molecular weight excluding hydrogens is 475 g/mol. The number of aryl methyl sites for hydroxylation is 3. The van der Waals surface area contributed by atoms with Crippen LogP contribution in [0.25, 0.3) is 0 Å². The molecule has 1 saturated heterocycles. The lowest BCUT2D eigenvalue weighted by atomic mass is 10.2. The molecule has 1 aliphatic heterocycles. The molecule has 3 rings (SSSR count). The van der Waals surface area contributed by atoms with Crippen LogP contribution >= 0.6 is 24.0 Å². The van der Waals surface area contributed by atoms with E-state index in [1.807, 2.05) is 6.20 Å². The van der Waals surface area contributed by atoms with Crippen LogP contribution in [0, 0.1) is 13.8 Å². The van der Waals surface area contributed by atoms with E-state index in [1.165, 1.54) is 11.3 Å². The second-order valence-electron chi connectivity index (χ2n) is 7.42. The molecule has 1 N–H and O–H groups in total. The summed E-state index contributed by atoms with van der Waals surface area (Å²) in [6.45, 7) is 13.2. The summed E-state index contributed by atoms with van der Waals surface area (Å²) in [5.41, 5.74) is 2.65. The van der Waals surface area contributed by atoms with E-state index in [4.69, 9.17) is 4.99 Å². The summed E-state index contributed by atoms with van der Waals surface area (Å²) in [6.07, 6.45) is 6.14. The maximum Gasteiger partial charge on any atom is 0.194 e. The molecule has 0 atom stereocenters. The Hall–Kier alpha value is -1.77. The molecular formula is C22H35IN6. The van der Waals surface area contributed by atoms with Gasteiger partial charge in [-0.05, 0) is 51.3 Å². The van der Waals surface area contributed by atoms with E-state index in [-0.39, 0.29) is 24.0 Å². The van der Waals surface area contributed by atoms with Crippen LogP contribution in [0.2, 0.25) is 0 Å². The lowest BCUT2D eigenvalue weighted by molar-refractivity contribution is 0.372. The fraction of sp³-hybridized carbons (Fsp3) is 0.545. The highest BCUT2D eigenvalue weighted by Gasteiger charge is 2.19. The van der Waals surface area contributed by atoms with Crippen molar-refractivity contribution >= 4 is 35.6 Å². The average molecular weight is 510 g/mol. The lowest BCUT2D eigenvalue weighted by Gasteiger charge is -2.37. The summed E-state index contributed by atoms with van der Waals surface area (Å²) in [5.74, 6) is 2.15. The maximum atomic E-state index is 4.88. The second kappa shape index (κ2) is 12.0. The van der Waals surface area contributed by atoms with Gasteiger partial charge in [0.05, 0.1) is 0 Å². The Labute approximate surface area is 192 Å². The zero-order valence-corrected chi connectivity index (χ0v) is 20.3. The third-order valence-electron chi connectivity index (χ3n) is 5.27. The van der Waals surface area contributed by atoms with Gasteiger partial charge < -0.3 is 19.7 Å². The van der Waals surface area contributed by atoms with Gasteiger partial charge in [0.15, 0.2) is 5.96 Å². The summed E-state index contributed by atoms with van der Waals surface area (Å²) >= 11 is 0. The molecule has 160 valence electrons. The van der Waals surface area contributed by atoms with Crippen LogP contribution in [0.3, 0.4) is 0 Å². The molecule has 1 aliphatic rings. The third-order valence-corrected chi connectivity index (χ3v) is 5.27. The SMILES string of the molecule is CCNC(=NCCCCn1ccnc1C)N1CCN(c2cccc(C)c2)CC1.I. The topological polar surface area (TPSA) is 48.7 Å². The first-order chi connectivity index (χ1) is 13.7. The summed E-state index contributed by atoms with van der Waals surface area (Å²) in [5, 5.41) is 3.47. The van der Waals surface area contributed by atoms with Crippen LogP contribution in [0.5, 0.6) is 0 Å². The number of guanidine groups is 1. The van der Waals surface area contributed by atoms with Gasteiger partial charge in [-0.25, -0.2) is 4.98 Å². The van der Waals surface area contributed by atoms with Crippen LogP contribution in [0.15, 0.2) is 41.7 Å². The van der Waals surface area contributed by atoms with E-state index >= 15 is 0 Å². The molecule has 0 amide bonds. The Morgan fingerprint density at radius 2 is 1.93 bits per heavy atom. The first-order valence-electron chi connectivity index (χ1n) is 10.5. The monoisotopic (exact) mass is 510 g/mol. The normalized spacial score (nSPS) is 14.7. The highest BCUT2D eigenvalue weighted by atomic mass is 127. The van der Waals surface area contributed by atoms with Crippen molar-refractivity contribution in [3.8, 4) is 0 Å². The Balaban J connectivity index is 0.00000300. The van der Waals surface area contributed by atoms with Crippen molar-refractivity contribution in [2.24, 2.45) is 4.99 Å². The van der Waals surface area contributed by atoms with Crippen molar-refractivity contribution in [2.45, 2.75) is 40.2 Å². The van der Waals surface area contributed by atoms with E-state index in [1.54, 1.807) is 0 Å². The van der Waals surface area contributed by atoms with E-state index < -0.39 is 0 Å². The van der Waals surface area contributed by atoms with Crippen molar-refractivity contribution in [2.75, 3.05) is 44.2 Å². The number of piperazine rings is 1. The second-order valence-corrected chi connectivity index (χ2v) is 7.42. The van der Waals surface area contributed by atoms with Gasteiger partial charge in [-0.2, -0.15) is 0 Å². The number of imidazole rings is 1. The molecule has 0 aliphatic carbocycles. The molecule has 2 heterocycles. The molecule has 0 unspecified atom stereocenters. The van der Waals surface area contributed by atoms with Crippen molar-refractivity contribution in [1.29, 1.82) is 0 Å². The van der Waals surface area contributed by atoms with Gasteiger partial charge in [0.2, 0.25) is 0 Å². The Bertz CT molecular complexity index is 764. The number of unbranched alkanes of at least 4 members (excludes halogenated alkanes) is 1. The Morgan fingerprint density at radius 1 is 1.14 bits per heavy atom. The van der Waals surface area contributed by atoms with Crippen molar-refractivity contribution in [1.82, 2.24) is 19.8 Å². The molecule has 7 heteroatoms. The number of nitrogens with one attached hydrogen (secondary N) is 1. The number of benzene rings is 1. The highest BCUT2D eigenvalue weighted by Crippen LogP contribution is 2.17. The molecule has 0 spiro atoms. The summed E-state index contributed by atoms with van der Waals surface area (Å²) in [6, 6.07) is 8.79. The fourth-order valence-corrected chi connectivity index (χ4v) is 3.65. The average Bonchev–Trinajstić information content (AvgIpc) is 3.12. The van der Waals surface area contributed by atoms with Gasteiger partial charge in [-0.15, -0.1) is 24.0 Å². The minimum Gasteiger partial charge on any atom is -0.368 e. The molecule has 1 fully saturated rings. The molecule has 1 aromatic heterocycles. The lowest BCUT2D eigenvalue weighted by Crippen LogP contribution is -2.52. The fourth-order valence-electron chi connectivity index (χ4n) is 3.65. The zero-order valence-electron chi connectivity index (χ0n) is 18.0. The molecule has 1 aromatic carbocycles. The van der Waals surface area contributed by atoms with Crippen LogP contribution in [0.1, 0.15) is 31.2 Å².